The molecule has 2 aliphatic rings. The number of allylic oxidation sites excluding steroid dienone is 2. The Morgan fingerprint density at radius 3 is 2.69 bits per heavy atom. The van der Waals surface area contributed by atoms with Gasteiger partial charge < -0.3 is 14.8 Å². The predicted molar refractivity (Wildman–Crippen MR) is 141 cm³/mol. The minimum Gasteiger partial charge on any atom is -0.493 e. The summed E-state index contributed by atoms with van der Waals surface area (Å²) >= 11 is 9.68. The Bertz CT molecular complexity index is 1330. The standard InChI is InChI=1S/C27H24BrClN2O4/c1-15-10-19(31(32)33)13-22-20-4-3-5-21(20)26(30-25(15)22)17-11-23(28)27(24(12-17)34-2)35-14-16-6-8-18(29)9-7-16/h3-4,6-13,20-21,26,30H,5,14H2,1-2H3/t20-,21+,26-/m0/s1. The van der Waals surface area contributed by atoms with Gasteiger partial charge in [0.2, 0.25) is 0 Å². The summed E-state index contributed by atoms with van der Waals surface area (Å²) < 4.78 is 12.6. The van der Waals surface area contributed by atoms with Crippen LogP contribution in [0.5, 0.6) is 11.5 Å². The molecule has 1 heterocycles. The van der Waals surface area contributed by atoms with Gasteiger partial charge in [-0.15, -0.1) is 0 Å². The quantitative estimate of drug-likeness (QED) is 0.191. The number of nitrogens with zero attached hydrogens (tertiary/aromatic N) is 1. The molecule has 1 aliphatic carbocycles. The van der Waals surface area contributed by atoms with Crippen LogP contribution >= 0.6 is 27.5 Å². The van der Waals surface area contributed by atoms with Crippen molar-refractivity contribution in [3.8, 4) is 11.5 Å². The molecule has 0 aromatic heterocycles. The summed E-state index contributed by atoms with van der Waals surface area (Å²) in [7, 11) is 1.63. The monoisotopic (exact) mass is 554 g/mol. The van der Waals surface area contributed by atoms with Crippen LogP contribution < -0.4 is 14.8 Å². The molecule has 0 amide bonds. The van der Waals surface area contributed by atoms with Crippen LogP contribution in [-0.2, 0) is 6.61 Å². The molecule has 0 spiro atoms. The number of fused-ring (bicyclic) bond motifs is 3. The number of hydrogen-bond donors (Lipinski definition) is 1. The molecule has 0 radical (unpaired) electrons. The van der Waals surface area contributed by atoms with Gasteiger partial charge in [0.1, 0.15) is 6.61 Å². The zero-order valence-corrected chi connectivity index (χ0v) is 21.6. The van der Waals surface area contributed by atoms with Gasteiger partial charge in [0.15, 0.2) is 11.5 Å². The molecular weight excluding hydrogens is 532 g/mol. The van der Waals surface area contributed by atoms with Gasteiger partial charge in [-0.05, 0) is 81.7 Å². The molecule has 5 rings (SSSR count). The van der Waals surface area contributed by atoms with E-state index in [1.807, 2.05) is 37.3 Å². The molecule has 0 unspecified atom stereocenters. The smallest absolute Gasteiger partial charge is 0.270 e. The van der Waals surface area contributed by atoms with E-state index in [2.05, 4.69) is 39.5 Å². The van der Waals surface area contributed by atoms with Gasteiger partial charge in [0, 0.05) is 28.8 Å². The molecule has 6 nitrogen and oxygen atoms in total. The number of nitro groups is 1. The summed E-state index contributed by atoms with van der Waals surface area (Å²) in [6.07, 6.45) is 5.23. The van der Waals surface area contributed by atoms with Crippen LogP contribution in [0.2, 0.25) is 5.02 Å². The Balaban J connectivity index is 1.47. The molecule has 3 aromatic carbocycles. The zero-order chi connectivity index (χ0) is 24.7. The largest absolute Gasteiger partial charge is 0.493 e. The van der Waals surface area contributed by atoms with Crippen LogP contribution in [0.15, 0.2) is 65.2 Å². The fourth-order valence-corrected chi connectivity index (χ4v) is 5.80. The number of rotatable bonds is 6. The second-order valence-corrected chi connectivity index (χ2v) is 10.2. The summed E-state index contributed by atoms with van der Waals surface area (Å²) in [5.74, 6) is 1.62. The van der Waals surface area contributed by atoms with Gasteiger partial charge in [0.05, 0.1) is 22.5 Å². The molecule has 0 bridgehead atoms. The highest BCUT2D eigenvalue weighted by Crippen LogP contribution is 2.52. The maximum atomic E-state index is 11.4. The number of nitro benzene ring substituents is 1. The molecule has 1 aliphatic heterocycles. The minimum atomic E-state index is -0.322. The number of hydrogen-bond acceptors (Lipinski definition) is 5. The molecule has 0 fully saturated rings. The summed E-state index contributed by atoms with van der Waals surface area (Å²) in [6, 6.07) is 15.0. The van der Waals surface area contributed by atoms with Crippen molar-refractivity contribution in [1.29, 1.82) is 0 Å². The molecule has 8 heteroatoms. The second kappa shape index (κ2) is 9.55. The highest BCUT2D eigenvalue weighted by molar-refractivity contribution is 9.10. The highest BCUT2D eigenvalue weighted by atomic mass is 79.9. The molecular formula is C27H24BrClN2O4. The van der Waals surface area contributed by atoms with E-state index in [9.17, 15) is 10.1 Å². The van der Waals surface area contributed by atoms with Crippen LogP contribution in [0.1, 0.15) is 40.6 Å². The Morgan fingerprint density at radius 2 is 1.97 bits per heavy atom. The SMILES string of the molecule is COc1cc([C@@H]2Nc3c(C)cc([N+](=O)[O-])cc3[C@H]3C=CC[C@H]32)cc(Br)c1OCc1ccc(Cl)cc1. The van der Waals surface area contributed by atoms with Crippen molar-refractivity contribution in [2.24, 2.45) is 5.92 Å². The summed E-state index contributed by atoms with van der Waals surface area (Å²) in [4.78, 5) is 11.1. The normalized spacial score (nSPS) is 20.1. The molecule has 1 N–H and O–H groups in total. The van der Waals surface area contributed by atoms with Crippen molar-refractivity contribution in [3.63, 3.8) is 0 Å². The average Bonchev–Trinajstić information content (AvgIpc) is 3.34. The van der Waals surface area contributed by atoms with Gasteiger partial charge in [-0.3, -0.25) is 10.1 Å². The molecule has 3 aromatic rings. The van der Waals surface area contributed by atoms with Gasteiger partial charge in [-0.1, -0.05) is 35.9 Å². The topological polar surface area (TPSA) is 73.6 Å². The summed E-state index contributed by atoms with van der Waals surface area (Å²) in [5, 5.41) is 15.8. The van der Waals surface area contributed by atoms with Crippen LogP contribution in [0.3, 0.4) is 0 Å². The Kier molecular flexibility index (Phi) is 6.47. The first-order valence-corrected chi connectivity index (χ1v) is 12.5. The fraction of sp³-hybridized carbons (Fsp3) is 0.259. The lowest BCUT2D eigenvalue weighted by Crippen LogP contribution is -2.29. The maximum absolute atomic E-state index is 11.4. The van der Waals surface area contributed by atoms with E-state index >= 15 is 0 Å². The Morgan fingerprint density at radius 1 is 1.20 bits per heavy atom. The number of ether oxygens (including phenoxy) is 2. The molecule has 0 saturated carbocycles. The van der Waals surface area contributed by atoms with Crippen molar-refractivity contribution in [2.45, 2.75) is 31.9 Å². The lowest BCUT2D eigenvalue weighted by molar-refractivity contribution is -0.385. The summed E-state index contributed by atoms with van der Waals surface area (Å²) in [6.45, 7) is 2.30. The van der Waals surface area contributed by atoms with E-state index in [0.717, 1.165) is 38.8 Å². The fourth-order valence-electron chi connectivity index (χ4n) is 5.10. The molecule has 35 heavy (non-hydrogen) atoms. The summed E-state index contributed by atoms with van der Waals surface area (Å²) in [5.41, 5.74) is 5.02. The van der Waals surface area contributed by atoms with Crippen molar-refractivity contribution in [1.82, 2.24) is 0 Å². The number of non-ortho nitro benzene ring substituents is 1. The Labute approximate surface area is 217 Å². The number of benzene rings is 3. The average molecular weight is 556 g/mol. The number of methoxy groups -OCH3 is 1. The van der Waals surface area contributed by atoms with E-state index in [4.69, 9.17) is 21.1 Å². The van der Waals surface area contributed by atoms with Crippen LogP contribution in [0.4, 0.5) is 11.4 Å². The molecule has 0 saturated heterocycles. The van der Waals surface area contributed by atoms with Gasteiger partial charge in [-0.25, -0.2) is 0 Å². The third-order valence-corrected chi connectivity index (χ3v) is 7.61. The maximum Gasteiger partial charge on any atom is 0.270 e. The lowest BCUT2D eigenvalue weighted by atomic mass is 9.76. The first kappa shape index (κ1) is 23.7. The van der Waals surface area contributed by atoms with Crippen LogP contribution in [0.25, 0.3) is 0 Å². The van der Waals surface area contributed by atoms with Crippen molar-refractivity contribution < 1.29 is 14.4 Å². The second-order valence-electron chi connectivity index (χ2n) is 8.91. The minimum absolute atomic E-state index is 0.0122. The van der Waals surface area contributed by atoms with Gasteiger partial charge >= 0.3 is 0 Å². The van der Waals surface area contributed by atoms with E-state index in [0.29, 0.717) is 23.1 Å². The van der Waals surface area contributed by atoms with Gasteiger partial charge in [0.25, 0.3) is 5.69 Å². The first-order valence-electron chi connectivity index (χ1n) is 11.3. The van der Waals surface area contributed by atoms with E-state index in [1.54, 1.807) is 19.2 Å². The van der Waals surface area contributed by atoms with E-state index in [-0.39, 0.29) is 28.5 Å². The number of aryl methyl sites for hydroxylation is 1. The third kappa shape index (κ3) is 4.50. The van der Waals surface area contributed by atoms with Crippen molar-refractivity contribution in [3.05, 3.63) is 103 Å². The predicted octanol–water partition coefficient (Wildman–Crippen LogP) is 7.73. The van der Waals surface area contributed by atoms with E-state index in [1.165, 1.54) is 0 Å². The lowest BCUT2D eigenvalue weighted by Gasteiger charge is -2.38. The zero-order valence-electron chi connectivity index (χ0n) is 19.3. The van der Waals surface area contributed by atoms with Crippen LogP contribution in [-0.4, -0.2) is 12.0 Å². The Hall–Kier alpha value is -3.03. The van der Waals surface area contributed by atoms with Crippen LogP contribution in [0, 0.1) is 23.0 Å². The highest BCUT2D eigenvalue weighted by Gasteiger charge is 2.40. The van der Waals surface area contributed by atoms with Gasteiger partial charge in [-0.2, -0.15) is 0 Å². The molecule has 3 atom stereocenters. The van der Waals surface area contributed by atoms with Crippen molar-refractivity contribution >= 4 is 38.9 Å². The molecule has 180 valence electrons. The number of halogens is 2. The third-order valence-electron chi connectivity index (χ3n) is 6.77. The first-order chi connectivity index (χ1) is 16.9. The number of anilines is 1. The number of nitrogens with one attached hydrogen (secondary N) is 1. The van der Waals surface area contributed by atoms with Crippen molar-refractivity contribution in [2.75, 3.05) is 12.4 Å². The van der Waals surface area contributed by atoms with E-state index < -0.39 is 0 Å².